The molecule has 6 nitrogen and oxygen atoms in total. The molecule has 0 radical (unpaired) electrons. The molecule has 3 aromatic carbocycles. The zero-order valence-electron chi connectivity index (χ0n) is 21.4. The minimum Gasteiger partial charge on any atom is -1.00 e. The van der Waals surface area contributed by atoms with E-state index in [1.54, 1.807) is 49.8 Å². The number of nitrogens with zero attached hydrogens (tertiary/aromatic N) is 1. The number of thiazole rings is 1. The van der Waals surface area contributed by atoms with Gasteiger partial charge in [-0.2, -0.15) is 4.57 Å². The molecule has 0 spiro atoms. The Morgan fingerprint density at radius 2 is 1.49 bits per heavy atom. The van der Waals surface area contributed by atoms with Crippen LogP contribution >= 0.6 is 11.3 Å². The summed E-state index contributed by atoms with van der Waals surface area (Å²) in [4.78, 5) is 24.4. The van der Waals surface area contributed by atoms with E-state index in [-0.39, 0.29) is 35.5 Å². The summed E-state index contributed by atoms with van der Waals surface area (Å²) in [5.41, 5.74) is 4.30. The van der Waals surface area contributed by atoms with E-state index < -0.39 is 0 Å². The number of nitrogens with one attached hydrogen (secondary N) is 1. The normalized spacial score (nSPS) is 12.1. The van der Waals surface area contributed by atoms with Crippen molar-refractivity contribution in [2.24, 2.45) is 0 Å². The fourth-order valence-electron chi connectivity index (χ4n) is 4.16. The number of methoxy groups -OCH3 is 2. The molecule has 0 atom stereocenters. The van der Waals surface area contributed by atoms with Crippen LogP contribution in [0.5, 0.6) is 11.5 Å². The van der Waals surface area contributed by atoms with Crippen LogP contribution < -0.4 is 43.3 Å². The van der Waals surface area contributed by atoms with Crippen molar-refractivity contribution in [2.75, 3.05) is 19.5 Å². The van der Waals surface area contributed by atoms with Crippen LogP contribution in [-0.4, -0.2) is 25.8 Å². The number of hydrogen-bond donors (Lipinski definition) is 1. The number of fused-ring (bicyclic) bond motifs is 2. The van der Waals surface area contributed by atoms with Gasteiger partial charge in [0.2, 0.25) is 10.8 Å². The molecule has 192 valence electrons. The zero-order valence-corrected chi connectivity index (χ0v) is 24.4. The van der Waals surface area contributed by atoms with Gasteiger partial charge >= 0.3 is 0 Å². The molecule has 0 amide bonds. The highest BCUT2D eigenvalue weighted by Gasteiger charge is 2.25. The van der Waals surface area contributed by atoms with Gasteiger partial charge in [-0.3, -0.25) is 9.59 Å². The van der Waals surface area contributed by atoms with Gasteiger partial charge < -0.3 is 38.8 Å². The number of anilines is 1. The number of aryl methyl sites for hydroxylation is 3. The Labute approximate surface area is 238 Å². The van der Waals surface area contributed by atoms with Gasteiger partial charge in [0.15, 0.2) is 16.2 Å². The molecule has 0 saturated carbocycles. The lowest BCUT2D eigenvalue weighted by molar-refractivity contribution is -0.669. The molecule has 8 heteroatoms. The lowest BCUT2D eigenvalue weighted by Crippen LogP contribution is -3.00. The predicted octanol–water partition coefficient (Wildman–Crippen LogP) is 2.91. The van der Waals surface area contributed by atoms with Crippen molar-refractivity contribution < 1.29 is 47.6 Å². The Balaban J connectivity index is 0.000000205. The minimum atomic E-state index is -0.152. The highest BCUT2D eigenvalue weighted by molar-refractivity contribution is 7.18. The Kier molecular flexibility index (Phi) is 9.45. The number of allylic oxidation sites excluding steroid dienone is 2. The van der Waals surface area contributed by atoms with E-state index >= 15 is 0 Å². The van der Waals surface area contributed by atoms with Crippen LogP contribution in [0.15, 0.2) is 72.4 Å². The lowest BCUT2D eigenvalue weighted by Gasteiger charge is -2.16. The van der Waals surface area contributed by atoms with Crippen LogP contribution in [0.2, 0.25) is 0 Å². The van der Waals surface area contributed by atoms with E-state index in [1.165, 1.54) is 11.1 Å². The molecule has 0 bridgehead atoms. The smallest absolute Gasteiger partial charge is 0.269 e. The second kappa shape index (κ2) is 12.3. The third-order valence-electron chi connectivity index (χ3n) is 6.00. The van der Waals surface area contributed by atoms with Crippen LogP contribution in [0.25, 0.3) is 10.2 Å². The average Bonchev–Trinajstić information content (AvgIpc) is 3.24. The van der Waals surface area contributed by atoms with Crippen LogP contribution in [-0.2, 0) is 6.54 Å². The zero-order chi connectivity index (χ0) is 25.8. The third-order valence-corrected chi connectivity index (χ3v) is 7.12. The van der Waals surface area contributed by atoms with Crippen molar-refractivity contribution in [1.82, 2.24) is 0 Å². The quantitative estimate of drug-likeness (QED) is 0.272. The molecule has 37 heavy (non-hydrogen) atoms. The largest absolute Gasteiger partial charge is 1.00 e. The molecule has 1 aliphatic rings. The van der Waals surface area contributed by atoms with E-state index in [1.807, 2.05) is 43.3 Å². The van der Waals surface area contributed by atoms with Gasteiger partial charge in [0.25, 0.3) is 5.52 Å². The number of hydrogen-bond acceptors (Lipinski definition) is 6. The van der Waals surface area contributed by atoms with Gasteiger partial charge in [0.05, 0.1) is 19.9 Å². The second-order valence-electron chi connectivity index (χ2n) is 8.30. The molecule has 4 aromatic rings. The van der Waals surface area contributed by atoms with Crippen molar-refractivity contribution in [1.29, 1.82) is 0 Å². The molecule has 0 fully saturated rings. The Bertz CT molecular complexity index is 1480. The minimum absolute atomic E-state index is 0. The summed E-state index contributed by atoms with van der Waals surface area (Å²) < 4.78 is 14.2. The number of benzene rings is 3. The number of carbonyl (C=O) groups excluding carboxylic acids is 2. The molecule has 1 aliphatic carbocycles. The predicted molar refractivity (Wildman–Crippen MR) is 144 cm³/mol. The molecular weight excluding hydrogens is 599 g/mol. The molecule has 1 aromatic heterocycles. The standard InChI is InChI=1S/C17H13NO2.C12H16NO2S.HI/c1-11-6-8-12(9-7-11)18-15-10-16(19)13-4-2-3-5-14(13)17(15)20;1-5-13-8(2)16-12-10(15-4)7-6-9(14-3)11(12)13;/h2-10,18H,1H3;6-7H,5H2,1-4H3;1H/q;+1;/p-1. The third kappa shape index (κ3) is 5.86. The number of ether oxygens (including phenoxy) is 2. The molecule has 0 unspecified atom stereocenters. The molecule has 5 rings (SSSR count). The van der Waals surface area contributed by atoms with Crippen LogP contribution in [0.3, 0.4) is 0 Å². The van der Waals surface area contributed by atoms with Crippen molar-refractivity contribution >= 4 is 38.8 Å². The van der Waals surface area contributed by atoms with Gasteiger partial charge in [-0.15, -0.1) is 0 Å². The number of aromatic nitrogens is 1. The summed E-state index contributed by atoms with van der Waals surface area (Å²) in [5.74, 6) is 1.52. The summed E-state index contributed by atoms with van der Waals surface area (Å²) in [5, 5.41) is 4.28. The number of Topliss-reactive ketones (excluding diaryl/α,β-unsaturated/α-hetero) is 1. The van der Waals surface area contributed by atoms with Gasteiger partial charge in [0.1, 0.15) is 12.3 Å². The van der Waals surface area contributed by atoms with Crippen molar-refractivity contribution in [2.45, 2.75) is 27.3 Å². The monoisotopic (exact) mass is 628 g/mol. The van der Waals surface area contributed by atoms with E-state index in [9.17, 15) is 9.59 Å². The number of halogens is 1. The second-order valence-corrected chi connectivity index (χ2v) is 9.50. The van der Waals surface area contributed by atoms with E-state index in [0.29, 0.717) is 16.8 Å². The fourth-order valence-corrected chi connectivity index (χ4v) is 5.34. The van der Waals surface area contributed by atoms with Crippen LogP contribution in [0.4, 0.5) is 5.69 Å². The van der Waals surface area contributed by atoms with Gasteiger partial charge in [-0.25, -0.2) is 0 Å². The van der Waals surface area contributed by atoms with Gasteiger partial charge in [-0.05, 0) is 38.1 Å². The van der Waals surface area contributed by atoms with E-state index in [2.05, 4.69) is 23.7 Å². The summed E-state index contributed by atoms with van der Waals surface area (Å²) in [6, 6.07) is 18.5. The van der Waals surface area contributed by atoms with E-state index in [4.69, 9.17) is 9.47 Å². The van der Waals surface area contributed by atoms with Crippen LogP contribution in [0, 0.1) is 13.8 Å². The first-order chi connectivity index (χ1) is 17.4. The van der Waals surface area contributed by atoms with Crippen molar-refractivity contribution in [3.05, 3.63) is 94.1 Å². The molecule has 0 aliphatic heterocycles. The topological polar surface area (TPSA) is 68.5 Å². The number of ketones is 2. The maximum Gasteiger partial charge on any atom is 0.269 e. The Morgan fingerprint density at radius 3 is 2.11 bits per heavy atom. The first-order valence-corrected chi connectivity index (χ1v) is 12.5. The first kappa shape index (κ1) is 28.3. The average molecular weight is 629 g/mol. The van der Waals surface area contributed by atoms with Crippen molar-refractivity contribution in [3.8, 4) is 11.5 Å². The Hall–Kier alpha value is -3.24. The summed E-state index contributed by atoms with van der Waals surface area (Å²) >= 11 is 1.74. The van der Waals surface area contributed by atoms with Gasteiger partial charge in [0, 0.05) is 29.8 Å². The van der Waals surface area contributed by atoms with Crippen LogP contribution in [0.1, 0.15) is 38.2 Å². The number of carbonyl (C=O) groups is 2. The van der Waals surface area contributed by atoms with Crippen molar-refractivity contribution in [3.63, 3.8) is 0 Å². The summed E-state index contributed by atoms with van der Waals surface area (Å²) in [6.45, 7) is 7.19. The number of rotatable bonds is 5. The fraction of sp³-hybridized carbons (Fsp3) is 0.207. The highest BCUT2D eigenvalue weighted by Crippen LogP contribution is 2.35. The summed E-state index contributed by atoms with van der Waals surface area (Å²) in [6.07, 6.45) is 1.37. The molecular formula is C29H29IN2O4S. The SMILES string of the molecule is CC[n+]1c(C)sc2c(OC)ccc(OC)c21.Cc1ccc(NC2=CC(=O)c3ccccc3C2=O)cc1.[I-]. The van der Waals surface area contributed by atoms with Gasteiger partial charge in [-0.1, -0.05) is 53.3 Å². The molecule has 0 saturated heterocycles. The Morgan fingerprint density at radius 1 is 0.865 bits per heavy atom. The molecule has 1 N–H and O–H groups in total. The first-order valence-electron chi connectivity index (χ1n) is 11.6. The summed E-state index contributed by atoms with van der Waals surface area (Å²) in [7, 11) is 3.40. The lowest BCUT2D eigenvalue weighted by atomic mass is 9.92. The van der Waals surface area contributed by atoms with E-state index in [0.717, 1.165) is 39.5 Å². The maximum atomic E-state index is 12.4. The maximum absolute atomic E-state index is 12.4. The molecule has 1 heterocycles. The highest BCUT2D eigenvalue weighted by atomic mass is 127.